The molecule has 0 bridgehead atoms. The lowest BCUT2D eigenvalue weighted by atomic mass is 10.1. The van der Waals surface area contributed by atoms with E-state index in [4.69, 9.17) is 20.9 Å². The maximum absolute atomic E-state index is 11.8. The number of hydrogen-bond acceptors (Lipinski definition) is 6. The van der Waals surface area contributed by atoms with Crippen molar-refractivity contribution in [1.29, 1.82) is 0 Å². The van der Waals surface area contributed by atoms with Gasteiger partial charge in [0.2, 0.25) is 6.79 Å². The Balaban J connectivity index is 1.70. The molecule has 0 aliphatic rings. The Bertz CT molecular complexity index is 617. The first-order chi connectivity index (χ1) is 12.1. The fourth-order valence-electron chi connectivity index (χ4n) is 2.26. The van der Waals surface area contributed by atoms with Gasteiger partial charge in [-0.05, 0) is 24.0 Å². The van der Waals surface area contributed by atoms with Gasteiger partial charge in [0.25, 0.3) is 0 Å². The van der Waals surface area contributed by atoms with Gasteiger partial charge >= 0.3 is 11.9 Å². The molecule has 2 aromatic carbocycles. The van der Waals surface area contributed by atoms with Crippen LogP contribution in [0.4, 0.5) is 0 Å². The minimum atomic E-state index is -0.820. The van der Waals surface area contributed by atoms with Crippen LogP contribution in [0, 0.1) is 0 Å². The molecule has 0 spiro atoms. The van der Waals surface area contributed by atoms with Crippen LogP contribution in [0.15, 0.2) is 60.7 Å². The van der Waals surface area contributed by atoms with Gasteiger partial charge in [-0.15, -0.1) is 0 Å². The van der Waals surface area contributed by atoms with Crippen molar-refractivity contribution in [2.24, 2.45) is 11.5 Å². The second kappa shape index (κ2) is 9.56. The molecule has 6 heteroatoms. The fraction of sp³-hybridized carbons (Fsp3) is 0.263. The summed E-state index contributed by atoms with van der Waals surface area (Å²) >= 11 is 0. The molecule has 0 heterocycles. The highest BCUT2D eigenvalue weighted by Gasteiger charge is 2.19. The topological polar surface area (TPSA) is 105 Å². The number of hydrogen-bond donors (Lipinski definition) is 2. The lowest BCUT2D eigenvalue weighted by molar-refractivity contribution is -0.169. The molecule has 2 rings (SSSR count). The molecule has 2 atom stereocenters. The SMILES string of the molecule is NC(Cc1ccccc1)C(=O)OCOC(=O)C(N)Cc1ccccc1. The van der Waals surface area contributed by atoms with E-state index in [-0.39, 0.29) is 0 Å². The van der Waals surface area contributed by atoms with E-state index in [9.17, 15) is 9.59 Å². The predicted molar refractivity (Wildman–Crippen MR) is 93.3 cm³/mol. The van der Waals surface area contributed by atoms with Crippen LogP contribution in [-0.2, 0) is 31.9 Å². The summed E-state index contributed by atoms with van der Waals surface area (Å²) in [4.78, 5) is 23.6. The number of ether oxygens (including phenoxy) is 2. The number of esters is 2. The molecule has 0 saturated heterocycles. The smallest absolute Gasteiger partial charge is 0.326 e. The van der Waals surface area contributed by atoms with E-state index in [2.05, 4.69) is 0 Å². The molecular weight excluding hydrogens is 320 g/mol. The van der Waals surface area contributed by atoms with Crippen LogP contribution < -0.4 is 11.5 Å². The van der Waals surface area contributed by atoms with Gasteiger partial charge in [0.05, 0.1) is 0 Å². The normalized spacial score (nSPS) is 12.9. The highest BCUT2D eigenvalue weighted by atomic mass is 16.7. The third kappa shape index (κ3) is 6.37. The molecule has 2 aromatic rings. The first-order valence-electron chi connectivity index (χ1n) is 7.98. The van der Waals surface area contributed by atoms with Gasteiger partial charge in [-0.1, -0.05) is 60.7 Å². The minimum Gasteiger partial charge on any atom is -0.427 e. The van der Waals surface area contributed by atoms with Gasteiger partial charge in [-0.2, -0.15) is 0 Å². The lowest BCUT2D eigenvalue weighted by Gasteiger charge is -2.14. The number of carbonyl (C=O) groups excluding carboxylic acids is 2. The zero-order chi connectivity index (χ0) is 18.1. The molecule has 6 nitrogen and oxygen atoms in total. The summed E-state index contributed by atoms with van der Waals surface area (Å²) < 4.78 is 9.77. The molecular formula is C19H22N2O4. The van der Waals surface area contributed by atoms with E-state index in [0.29, 0.717) is 12.8 Å². The highest BCUT2D eigenvalue weighted by Crippen LogP contribution is 2.04. The predicted octanol–water partition coefficient (Wildman–Crippen LogP) is 1.17. The zero-order valence-electron chi connectivity index (χ0n) is 13.8. The molecule has 0 radical (unpaired) electrons. The number of rotatable bonds is 8. The van der Waals surface area contributed by atoms with Crippen LogP contribution in [0.25, 0.3) is 0 Å². The Morgan fingerprint density at radius 2 is 1.08 bits per heavy atom. The highest BCUT2D eigenvalue weighted by molar-refractivity contribution is 5.77. The average molecular weight is 342 g/mol. The lowest BCUT2D eigenvalue weighted by Crippen LogP contribution is -2.37. The minimum absolute atomic E-state index is 0.348. The van der Waals surface area contributed by atoms with Crippen LogP contribution in [0.3, 0.4) is 0 Å². The Morgan fingerprint density at radius 1 is 0.720 bits per heavy atom. The Morgan fingerprint density at radius 3 is 1.44 bits per heavy atom. The van der Waals surface area contributed by atoms with E-state index in [1.807, 2.05) is 60.7 Å². The van der Waals surface area contributed by atoms with Crippen LogP contribution in [-0.4, -0.2) is 30.8 Å². The number of benzene rings is 2. The van der Waals surface area contributed by atoms with Crippen LogP contribution in [0.2, 0.25) is 0 Å². The summed E-state index contributed by atoms with van der Waals surface area (Å²) in [6.45, 7) is -0.497. The Kier molecular flexibility index (Phi) is 7.13. The van der Waals surface area contributed by atoms with Crippen molar-refractivity contribution in [1.82, 2.24) is 0 Å². The molecule has 2 unspecified atom stereocenters. The van der Waals surface area contributed by atoms with Crippen LogP contribution in [0.1, 0.15) is 11.1 Å². The van der Waals surface area contributed by atoms with Crippen molar-refractivity contribution in [3.8, 4) is 0 Å². The maximum Gasteiger partial charge on any atom is 0.326 e. The van der Waals surface area contributed by atoms with Crippen molar-refractivity contribution in [3.05, 3.63) is 71.8 Å². The summed E-state index contributed by atoms with van der Waals surface area (Å²) in [5.74, 6) is -1.26. The molecule has 0 aliphatic carbocycles. The van der Waals surface area contributed by atoms with Crippen molar-refractivity contribution in [2.75, 3.05) is 6.79 Å². The van der Waals surface area contributed by atoms with E-state index >= 15 is 0 Å². The van der Waals surface area contributed by atoms with Crippen molar-refractivity contribution in [3.63, 3.8) is 0 Å². The Labute approximate surface area is 146 Å². The van der Waals surface area contributed by atoms with Gasteiger partial charge in [0.15, 0.2) is 0 Å². The van der Waals surface area contributed by atoms with E-state index in [0.717, 1.165) is 11.1 Å². The van der Waals surface area contributed by atoms with Crippen molar-refractivity contribution >= 4 is 11.9 Å². The number of nitrogens with two attached hydrogens (primary N) is 2. The molecule has 0 aromatic heterocycles. The van der Waals surface area contributed by atoms with E-state index < -0.39 is 30.8 Å². The van der Waals surface area contributed by atoms with Gasteiger partial charge < -0.3 is 20.9 Å². The van der Waals surface area contributed by atoms with Gasteiger partial charge in [-0.25, -0.2) is 0 Å². The first kappa shape index (κ1) is 18.6. The largest absolute Gasteiger partial charge is 0.427 e. The molecule has 0 saturated carbocycles. The van der Waals surface area contributed by atoms with Gasteiger partial charge in [0, 0.05) is 0 Å². The quantitative estimate of drug-likeness (QED) is 0.551. The standard InChI is InChI=1S/C19H22N2O4/c20-16(11-14-7-3-1-4-8-14)18(22)24-13-25-19(23)17(21)12-15-9-5-2-6-10-15/h1-10,16-17H,11-13,20-21H2. The molecule has 0 amide bonds. The molecule has 0 fully saturated rings. The van der Waals surface area contributed by atoms with Gasteiger partial charge in [-0.3, -0.25) is 9.59 Å². The van der Waals surface area contributed by atoms with Crippen LogP contribution in [0.5, 0.6) is 0 Å². The van der Waals surface area contributed by atoms with Crippen LogP contribution >= 0.6 is 0 Å². The summed E-state index contributed by atoms with van der Waals surface area (Å²) in [6.07, 6.45) is 0.697. The zero-order valence-corrected chi connectivity index (χ0v) is 13.8. The Hall–Kier alpha value is -2.70. The summed E-state index contributed by atoms with van der Waals surface area (Å²) in [5, 5.41) is 0. The summed E-state index contributed by atoms with van der Waals surface area (Å²) in [7, 11) is 0. The summed E-state index contributed by atoms with van der Waals surface area (Å²) in [5.41, 5.74) is 13.4. The van der Waals surface area contributed by atoms with E-state index in [1.165, 1.54) is 0 Å². The number of carbonyl (C=O) groups is 2. The monoisotopic (exact) mass is 342 g/mol. The fourth-order valence-corrected chi connectivity index (χ4v) is 2.26. The molecule has 25 heavy (non-hydrogen) atoms. The van der Waals surface area contributed by atoms with Crippen molar-refractivity contribution < 1.29 is 19.1 Å². The second-order valence-electron chi connectivity index (χ2n) is 5.64. The molecule has 4 N–H and O–H groups in total. The van der Waals surface area contributed by atoms with E-state index in [1.54, 1.807) is 0 Å². The van der Waals surface area contributed by atoms with Crippen molar-refractivity contribution in [2.45, 2.75) is 24.9 Å². The third-order valence-corrected chi connectivity index (χ3v) is 3.60. The molecule has 0 aliphatic heterocycles. The average Bonchev–Trinajstić information content (AvgIpc) is 2.63. The second-order valence-corrected chi connectivity index (χ2v) is 5.64. The summed E-state index contributed by atoms with van der Waals surface area (Å²) in [6, 6.07) is 17.1. The third-order valence-electron chi connectivity index (χ3n) is 3.60. The first-order valence-corrected chi connectivity index (χ1v) is 7.98. The van der Waals surface area contributed by atoms with Gasteiger partial charge in [0.1, 0.15) is 12.1 Å². The molecule has 132 valence electrons. The maximum atomic E-state index is 11.8.